The van der Waals surface area contributed by atoms with E-state index in [4.69, 9.17) is 11.6 Å². The molecule has 10 heteroatoms. The van der Waals surface area contributed by atoms with Gasteiger partial charge in [0.2, 0.25) is 0 Å². The van der Waals surface area contributed by atoms with E-state index < -0.39 is 5.82 Å². The van der Waals surface area contributed by atoms with Gasteiger partial charge in [0.05, 0.1) is 16.1 Å². The lowest BCUT2D eigenvalue weighted by molar-refractivity contribution is 0.0663. The normalized spacial score (nSPS) is 14.4. The number of likely N-dealkylation sites (N-methyl/N-ethyl adjacent to an activating group) is 1. The zero-order chi connectivity index (χ0) is 25.2. The SMILES string of the molecule is CN1CCN(C(=O)c2cn(-c3ccc4ncnc(Nc5ccc(F)c(Cl)c5)c4c3)cc2CCO)CC1. The van der Waals surface area contributed by atoms with Crippen LogP contribution in [0.2, 0.25) is 5.02 Å². The number of anilines is 2. The predicted octanol–water partition coefficient (Wildman–Crippen LogP) is 3.88. The maximum absolute atomic E-state index is 13.6. The smallest absolute Gasteiger partial charge is 0.255 e. The third-order valence-corrected chi connectivity index (χ3v) is 6.70. The largest absolute Gasteiger partial charge is 0.396 e. The second-order valence-electron chi connectivity index (χ2n) is 8.85. The van der Waals surface area contributed by atoms with E-state index >= 15 is 0 Å². The molecule has 1 aliphatic rings. The lowest BCUT2D eigenvalue weighted by Gasteiger charge is -2.32. The van der Waals surface area contributed by atoms with Crippen molar-refractivity contribution < 1.29 is 14.3 Å². The van der Waals surface area contributed by atoms with E-state index in [0.29, 0.717) is 36.6 Å². The van der Waals surface area contributed by atoms with Crippen molar-refractivity contribution in [1.29, 1.82) is 0 Å². The molecule has 2 aromatic heterocycles. The molecule has 0 spiro atoms. The molecule has 36 heavy (non-hydrogen) atoms. The number of hydrogen-bond acceptors (Lipinski definition) is 6. The second-order valence-corrected chi connectivity index (χ2v) is 9.26. The van der Waals surface area contributed by atoms with Gasteiger partial charge in [0, 0.05) is 61.9 Å². The molecule has 5 rings (SSSR count). The number of aliphatic hydroxyl groups excluding tert-OH is 1. The van der Waals surface area contributed by atoms with Gasteiger partial charge in [0.15, 0.2) is 0 Å². The monoisotopic (exact) mass is 508 g/mol. The van der Waals surface area contributed by atoms with Gasteiger partial charge in [-0.1, -0.05) is 11.6 Å². The van der Waals surface area contributed by atoms with Crippen molar-refractivity contribution in [3.8, 4) is 5.69 Å². The van der Waals surface area contributed by atoms with Gasteiger partial charge < -0.3 is 24.8 Å². The zero-order valence-corrected chi connectivity index (χ0v) is 20.5. The summed E-state index contributed by atoms with van der Waals surface area (Å²) in [6, 6.07) is 10.1. The number of amides is 1. The van der Waals surface area contributed by atoms with Crippen LogP contribution in [0.1, 0.15) is 15.9 Å². The van der Waals surface area contributed by atoms with Crippen LogP contribution in [-0.4, -0.2) is 75.2 Å². The van der Waals surface area contributed by atoms with Crippen LogP contribution in [-0.2, 0) is 6.42 Å². The van der Waals surface area contributed by atoms with Crippen LogP contribution in [0.3, 0.4) is 0 Å². The summed E-state index contributed by atoms with van der Waals surface area (Å²) in [6.45, 7) is 2.97. The van der Waals surface area contributed by atoms with Gasteiger partial charge in [-0.3, -0.25) is 4.79 Å². The maximum Gasteiger partial charge on any atom is 0.255 e. The lowest BCUT2D eigenvalue weighted by atomic mass is 10.1. The fourth-order valence-electron chi connectivity index (χ4n) is 4.35. The summed E-state index contributed by atoms with van der Waals surface area (Å²) < 4.78 is 15.5. The molecular weight excluding hydrogens is 483 g/mol. The number of halogens is 2. The number of fused-ring (bicyclic) bond motifs is 1. The molecule has 2 aromatic carbocycles. The number of aromatic nitrogens is 3. The van der Waals surface area contributed by atoms with Crippen molar-refractivity contribution in [3.63, 3.8) is 0 Å². The molecule has 1 aliphatic heterocycles. The molecule has 1 saturated heterocycles. The fourth-order valence-corrected chi connectivity index (χ4v) is 4.53. The van der Waals surface area contributed by atoms with Gasteiger partial charge in [-0.25, -0.2) is 14.4 Å². The van der Waals surface area contributed by atoms with Crippen LogP contribution < -0.4 is 5.32 Å². The van der Waals surface area contributed by atoms with Crippen molar-refractivity contribution >= 4 is 39.9 Å². The molecule has 0 bridgehead atoms. The van der Waals surface area contributed by atoms with Crippen LogP contribution in [0, 0.1) is 5.82 Å². The van der Waals surface area contributed by atoms with Crippen LogP contribution in [0.15, 0.2) is 55.1 Å². The molecule has 4 aromatic rings. The summed E-state index contributed by atoms with van der Waals surface area (Å²) in [4.78, 5) is 26.1. The van der Waals surface area contributed by atoms with Crippen molar-refractivity contribution in [2.45, 2.75) is 6.42 Å². The van der Waals surface area contributed by atoms with Crippen molar-refractivity contribution in [2.75, 3.05) is 45.2 Å². The molecule has 3 heterocycles. The molecule has 0 atom stereocenters. The van der Waals surface area contributed by atoms with E-state index in [1.165, 1.54) is 18.5 Å². The number of nitrogens with one attached hydrogen (secondary N) is 1. The van der Waals surface area contributed by atoms with E-state index in [1.54, 1.807) is 6.07 Å². The highest BCUT2D eigenvalue weighted by Gasteiger charge is 2.24. The van der Waals surface area contributed by atoms with Crippen LogP contribution in [0.4, 0.5) is 15.9 Å². The lowest BCUT2D eigenvalue weighted by Crippen LogP contribution is -2.47. The average Bonchev–Trinajstić information content (AvgIpc) is 3.30. The summed E-state index contributed by atoms with van der Waals surface area (Å²) in [6.07, 6.45) is 5.55. The Balaban J connectivity index is 1.49. The molecule has 186 valence electrons. The van der Waals surface area contributed by atoms with Gasteiger partial charge in [-0.2, -0.15) is 0 Å². The average molecular weight is 509 g/mol. The highest BCUT2D eigenvalue weighted by molar-refractivity contribution is 6.31. The molecule has 0 unspecified atom stereocenters. The molecule has 0 saturated carbocycles. The Bertz CT molecular complexity index is 1420. The Morgan fingerprint density at radius 1 is 1.11 bits per heavy atom. The minimum atomic E-state index is -0.495. The minimum absolute atomic E-state index is 0.0142. The Labute approximate surface area is 212 Å². The summed E-state index contributed by atoms with van der Waals surface area (Å²) in [5, 5.41) is 13.6. The molecule has 0 aliphatic carbocycles. The first kappa shape index (κ1) is 24.2. The summed E-state index contributed by atoms with van der Waals surface area (Å²) in [5.74, 6) is 0.0243. The number of hydrogen-bond donors (Lipinski definition) is 2. The topological polar surface area (TPSA) is 86.5 Å². The van der Waals surface area contributed by atoms with E-state index in [9.17, 15) is 14.3 Å². The standard InChI is InChI=1S/C26H26ClFN6O2/c1-32-7-9-33(10-8-32)26(36)21-15-34(14-17(21)6-11-35)19-3-5-24-20(13-19)25(30-16-29-24)31-18-2-4-23(28)22(27)12-18/h2-5,12-16,35H,6-11H2,1H3,(H,29,30,31). The van der Waals surface area contributed by atoms with E-state index in [-0.39, 0.29) is 17.5 Å². The molecular formula is C26H26ClFN6O2. The number of benzene rings is 2. The van der Waals surface area contributed by atoms with E-state index in [1.807, 2.05) is 47.1 Å². The first-order chi connectivity index (χ1) is 17.4. The Kier molecular flexibility index (Phi) is 6.86. The van der Waals surface area contributed by atoms with Gasteiger partial charge >= 0.3 is 0 Å². The van der Waals surface area contributed by atoms with Crippen molar-refractivity contribution in [2.24, 2.45) is 0 Å². The van der Waals surface area contributed by atoms with Crippen LogP contribution in [0.25, 0.3) is 16.6 Å². The highest BCUT2D eigenvalue weighted by Crippen LogP contribution is 2.28. The van der Waals surface area contributed by atoms with Gasteiger partial charge in [-0.15, -0.1) is 0 Å². The molecule has 1 amide bonds. The maximum atomic E-state index is 13.6. The van der Waals surface area contributed by atoms with E-state index in [0.717, 1.165) is 35.2 Å². The first-order valence-electron chi connectivity index (χ1n) is 11.7. The molecule has 1 fully saturated rings. The molecule has 0 radical (unpaired) electrons. The van der Waals surface area contributed by atoms with Gasteiger partial charge in [0.1, 0.15) is 18.0 Å². The van der Waals surface area contributed by atoms with Gasteiger partial charge in [0.25, 0.3) is 5.91 Å². The number of piperazine rings is 1. The number of carbonyl (C=O) groups excluding carboxylic acids is 1. The third-order valence-electron chi connectivity index (χ3n) is 6.41. The predicted molar refractivity (Wildman–Crippen MR) is 138 cm³/mol. The van der Waals surface area contributed by atoms with Crippen LogP contribution in [0.5, 0.6) is 0 Å². The second kappa shape index (κ2) is 10.2. The highest BCUT2D eigenvalue weighted by atomic mass is 35.5. The third kappa shape index (κ3) is 4.90. The quantitative estimate of drug-likeness (QED) is 0.411. The fraction of sp³-hybridized carbons (Fsp3) is 0.269. The summed E-state index contributed by atoms with van der Waals surface area (Å²) in [5.41, 5.74) is 3.52. The molecule has 8 nitrogen and oxygen atoms in total. The molecule has 2 N–H and O–H groups in total. The van der Waals surface area contributed by atoms with Gasteiger partial charge in [-0.05, 0) is 55.4 Å². The van der Waals surface area contributed by atoms with Crippen molar-refractivity contribution in [3.05, 3.63) is 77.1 Å². The number of rotatable bonds is 6. The zero-order valence-electron chi connectivity index (χ0n) is 19.8. The summed E-state index contributed by atoms with van der Waals surface area (Å²) in [7, 11) is 2.05. The van der Waals surface area contributed by atoms with E-state index in [2.05, 4.69) is 20.2 Å². The Morgan fingerprint density at radius 3 is 2.67 bits per heavy atom. The minimum Gasteiger partial charge on any atom is -0.396 e. The van der Waals surface area contributed by atoms with Crippen LogP contribution >= 0.6 is 11.6 Å². The number of carbonyl (C=O) groups is 1. The summed E-state index contributed by atoms with van der Waals surface area (Å²) >= 11 is 5.93. The number of aliphatic hydroxyl groups is 1. The Morgan fingerprint density at radius 2 is 1.92 bits per heavy atom. The Hall–Kier alpha value is -3.53. The van der Waals surface area contributed by atoms with Crippen molar-refractivity contribution in [1.82, 2.24) is 24.3 Å². The first-order valence-corrected chi connectivity index (χ1v) is 12.1. The number of nitrogens with zero attached hydrogens (tertiary/aromatic N) is 5.